The van der Waals surface area contributed by atoms with Crippen LogP contribution < -0.4 is 5.32 Å². The van der Waals surface area contributed by atoms with Gasteiger partial charge in [0.1, 0.15) is 16.7 Å². The van der Waals surface area contributed by atoms with Crippen molar-refractivity contribution in [3.05, 3.63) is 29.7 Å². The maximum absolute atomic E-state index is 12.1. The van der Waals surface area contributed by atoms with Crippen LogP contribution in [0.25, 0.3) is 10.7 Å². The van der Waals surface area contributed by atoms with Crippen LogP contribution in [0.1, 0.15) is 12.1 Å². The van der Waals surface area contributed by atoms with Gasteiger partial charge in [-0.2, -0.15) is 0 Å². The van der Waals surface area contributed by atoms with Crippen molar-refractivity contribution in [2.75, 3.05) is 20.6 Å². The first-order chi connectivity index (χ1) is 12.5. The van der Waals surface area contributed by atoms with Gasteiger partial charge in [-0.25, -0.2) is 9.78 Å². The SMILES string of the molecule is CN1C(=O)[C@@H](CC(=O)NCCc2csc(-c3cnccn3)n2)N(C)C1=O. The van der Waals surface area contributed by atoms with E-state index in [1.807, 2.05) is 5.38 Å². The molecule has 3 heterocycles. The molecule has 136 valence electrons. The predicted molar refractivity (Wildman–Crippen MR) is 94.2 cm³/mol. The van der Waals surface area contributed by atoms with Gasteiger partial charge in [0, 0.05) is 44.8 Å². The number of aromatic nitrogens is 3. The van der Waals surface area contributed by atoms with Crippen LogP contribution in [0.15, 0.2) is 24.0 Å². The Balaban J connectivity index is 1.48. The molecule has 0 aliphatic carbocycles. The molecule has 1 aliphatic heterocycles. The lowest BCUT2D eigenvalue weighted by Crippen LogP contribution is -2.37. The summed E-state index contributed by atoms with van der Waals surface area (Å²) in [7, 11) is 2.93. The average molecular weight is 374 g/mol. The molecule has 0 bridgehead atoms. The number of nitrogens with one attached hydrogen (secondary N) is 1. The van der Waals surface area contributed by atoms with Crippen molar-refractivity contribution in [2.24, 2.45) is 0 Å². The lowest BCUT2D eigenvalue weighted by Gasteiger charge is -2.15. The molecule has 2 aromatic rings. The Morgan fingerprint density at radius 3 is 2.77 bits per heavy atom. The lowest BCUT2D eigenvalue weighted by molar-refractivity contribution is -0.131. The number of thiazole rings is 1. The molecule has 1 fully saturated rings. The van der Waals surface area contributed by atoms with Crippen molar-refractivity contribution in [1.29, 1.82) is 0 Å². The van der Waals surface area contributed by atoms with Gasteiger partial charge in [0.2, 0.25) is 5.91 Å². The molecular formula is C16H18N6O3S. The number of hydrogen-bond donors (Lipinski definition) is 1. The second kappa shape index (κ2) is 7.56. The van der Waals surface area contributed by atoms with Crippen LogP contribution in [0.3, 0.4) is 0 Å². The third-order valence-corrected chi connectivity index (χ3v) is 5.00. The van der Waals surface area contributed by atoms with Gasteiger partial charge in [0.25, 0.3) is 5.91 Å². The van der Waals surface area contributed by atoms with Crippen molar-refractivity contribution in [3.63, 3.8) is 0 Å². The summed E-state index contributed by atoms with van der Waals surface area (Å²) in [4.78, 5) is 50.7. The molecule has 1 N–H and O–H groups in total. The van der Waals surface area contributed by atoms with Crippen LogP contribution in [0, 0.1) is 0 Å². The first kappa shape index (κ1) is 17.9. The maximum Gasteiger partial charge on any atom is 0.326 e. The van der Waals surface area contributed by atoms with Crippen LogP contribution in [0.2, 0.25) is 0 Å². The van der Waals surface area contributed by atoms with Crippen molar-refractivity contribution >= 4 is 29.2 Å². The summed E-state index contributed by atoms with van der Waals surface area (Å²) in [6.07, 6.45) is 5.38. The summed E-state index contributed by atoms with van der Waals surface area (Å²) >= 11 is 1.47. The Bertz CT molecular complexity index is 824. The second-order valence-corrected chi connectivity index (χ2v) is 6.70. The van der Waals surface area contributed by atoms with Gasteiger partial charge in [-0.05, 0) is 0 Å². The Morgan fingerprint density at radius 2 is 2.12 bits per heavy atom. The molecule has 4 amide bonds. The van der Waals surface area contributed by atoms with E-state index in [-0.39, 0.29) is 18.2 Å². The second-order valence-electron chi connectivity index (χ2n) is 5.85. The highest BCUT2D eigenvalue weighted by Gasteiger charge is 2.41. The van der Waals surface area contributed by atoms with E-state index in [9.17, 15) is 14.4 Å². The monoisotopic (exact) mass is 374 g/mol. The zero-order valence-electron chi connectivity index (χ0n) is 14.4. The zero-order valence-corrected chi connectivity index (χ0v) is 15.2. The Morgan fingerprint density at radius 1 is 1.31 bits per heavy atom. The molecule has 2 aromatic heterocycles. The van der Waals surface area contributed by atoms with Crippen molar-refractivity contribution < 1.29 is 14.4 Å². The van der Waals surface area contributed by atoms with E-state index in [1.165, 1.54) is 30.3 Å². The minimum atomic E-state index is -0.741. The topological polar surface area (TPSA) is 108 Å². The molecule has 1 saturated heterocycles. The maximum atomic E-state index is 12.1. The van der Waals surface area contributed by atoms with Gasteiger partial charge >= 0.3 is 6.03 Å². The molecule has 0 saturated carbocycles. The van der Waals surface area contributed by atoms with Gasteiger partial charge < -0.3 is 10.2 Å². The van der Waals surface area contributed by atoms with Crippen molar-refractivity contribution in [2.45, 2.75) is 18.9 Å². The Kier molecular flexibility index (Phi) is 5.21. The van der Waals surface area contributed by atoms with E-state index in [0.29, 0.717) is 18.7 Å². The summed E-state index contributed by atoms with van der Waals surface area (Å²) in [5.41, 5.74) is 1.56. The van der Waals surface area contributed by atoms with E-state index < -0.39 is 12.1 Å². The largest absolute Gasteiger partial charge is 0.356 e. The number of imide groups is 1. The fraction of sp³-hybridized carbons (Fsp3) is 0.375. The predicted octanol–water partition coefficient (Wildman–Crippen LogP) is 0.541. The van der Waals surface area contributed by atoms with E-state index in [4.69, 9.17) is 0 Å². The zero-order chi connectivity index (χ0) is 18.7. The highest BCUT2D eigenvalue weighted by molar-refractivity contribution is 7.13. The quantitative estimate of drug-likeness (QED) is 0.740. The molecule has 3 rings (SSSR count). The van der Waals surface area contributed by atoms with E-state index in [0.717, 1.165) is 15.6 Å². The van der Waals surface area contributed by atoms with Crippen LogP contribution >= 0.6 is 11.3 Å². The van der Waals surface area contributed by atoms with Crippen LogP contribution in [-0.2, 0) is 16.0 Å². The number of carbonyl (C=O) groups is 3. The molecule has 10 heteroatoms. The molecule has 0 spiro atoms. The summed E-state index contributed by atoms with van der Waals surface area (Å²) in [6, 6.07) is -1.14. The smallest absolute Gasteiger partial charge is 0.326 e. The molecule has 0 radical (unpaired) electrons. The molecule has 26 heavy (non-hydrogen) atoms. The molecule has 0 unspecified atom stereocenters. The number of hydrogen-bond acceptors (Lipinski definition) is 7. The fourth-order valence-corrected chi connectivity index (χ4v) is 3.42. The first-order valence-electron chi connectivity index (χ1n) is 7.99. The van der Waals surface area contributed by atoms with E-state index in [1.54, 1.807) is 18.6 Å². The number of urea groups is 1. The molecular weight excluding hydrogens is 356 g/mol. The Hall–Kier alpha value is -2.88. The number of nitrogens with zero attached hydrogens (tertiary/aromatic N) is 5. The minimum absolute atomic E-state index is 0.0483. The van der Waals surface area contributed by atoms with E-state index >= 15 is 0 Å². The molecule has 9 nitrogen and oxygen atoms in total. The van der Waals surface area contributed by atoms with E-state index in [2.05, 4.69) is 20.3 Å². The third kappa shape index (κ3) is 3.69. The van der Waals surface area contributed by atoms with Crippen molar-refractivity contribution in [3.8, 4) is 10.7 Å². The fourth-order valence-electron chi connectivity index (χ4n) is 2.60. The van der Waals surface area contributed by atoms with Crippen LogP contribution in [0.4, 0.5) is 4.79 Å². The van der Waals surface area contributed by atoms with Gasteiger partial charge in [-0.15, -0.1) is 11.3 Å². The lowest BCUT2D eigenvalue weighted by atomic mass is 10.2. The standard InChI is InChI=1S/C16H18N6O3S/c1-21-12(15(24)22(2)16(21)25)7-13(23)19-4-3-10-9-26-14(20-10)11-8-17-5-6-18-11/h5-6,8-9,12H,3-4,7H2,1-2H3,(H,19,23)/t12-/m1/s1. The van der Waals surface area contributed by atoms with Crippen LogP contribution in [-0.4, -0.2) is 69.3 Å². The molecule has 1 atom stereocenters. The number of likely N-dealkylation sites (N-methyl/N-ethyl adjacent to an activating group) is 2. The summed E-state index contributed by atoms with van der Waals surface area (Å²) < 4.78 is 0. The number of rotatable bonds is 6. The summed E-state index contributed by atoms with van der Waals surface area (Å²) in [5, 5.41) is 5.46. The van der Waals surface area contributed by atoms with Gasteiger partial charge in [-0.3, -0.25) is 24.5 Å². The number of amides is 4. The van der Waals surface area contributed by atoms with Gasteiger partial charge in [0.15, 0.2) is 0 Å². The third-order valence-electron chi connectivity index (χ3n) is 4.09. The first-order valence-corrected chi connectivity index (χ1v) is 8.87. The summed E-state index contributed by atoms with van der Waals surface area (Å²) in [5.74, 6) is -0.636. The molecule has 1 aliphatic rings. The Labute approximate surface area is 154 Å². The summed E-state index contributed by atoms with van der Waals surface area (Å²) in [6.45, 7) is 0.400. The normalized spacial score (nSPS) is 17.1. The van der Waals surface area contributed by atoms with Gasteiger partial charge in [0.05, 0.1) is 18.3 Å². The average Bonchev–Trinajstić information content (AvgIpc) is 3.19. The molecule has 0 aromatic carbocycles. The van der Waals surface area contributed by atoms with Gasteiger partial charge in [-0.1, -0.05) is 0 Å². The highest BCUT2D eigenvalue weighted by Crippen LogP contribution is 2.21. The highest BCUT2D eigenvalue weighted by atomic mass is 32.1. The minimum Gasteiger partial charge on any atom is -0.356 e. The van der Waals surface area contributed by atoms with Crippen LogP contribution in [0.5, 0.6) is 0 Å². The number of carbonyl (C=O) groups excluding carboxylic acids is 3. The van der Waals surface area contributed by atoms with Crippen molar-refractivity contribution in [1.82, 2.24) is 30.1 Å².